The Hall–Kier alpha value is -4.76. The molecule has 5 rings (SSSR count). The molecule has 2 N–H and O–H groups in total. The summed E-state index contributed by atoms with van der Waals surface area (Å²) in [5.41, 5.74) is 8.37. The number of carbonyl (C=O) groups is 2. The lowest BCUT2D eigenvalue weighted by molar-refractivity contribution is -0.384. The predicted octanol–water partition coefficient (Wildman–Crippen LogP) is 4.28. The molecule has 0 fully saturated rings. The number of nitro benzene ring substituents is 1. The molecule has 0 aliphatic carbocycles. The zero-order valence-corrected chi connectivity index (χ0v) is 20.0. The normalized spacial score (nSPS) is 15.3. The first-order valence-electron chi connectivity index (χ1n) is 11.7. The lowest BCUT2D eigenvalue weighted by Gasteiger charge is -2.26. The second kappa shape index (κ2) is 9.71. The molecular formula is C28H24N4O5. The molecule has 9 nitrogen and oxygen atoms in total. The summed E-state index contributed by atoms with van der Waals surface area (Å²) in [4.78, 5) is 40.7. The quantitative estimate of drug-likeness (QED) is 0.325. The molecule has 4 aromatic rings. The van der Waals surface area contributed by atoms with Crippen molar-refractivity contribution in [2.75, 3.05) is 23.5 Å². The Morgan fingerprint density at radius 1 is 1.00 bits per heavy atom. The highest BCUT2D eigenvalue weighted by Gasteiger charge is 2.35. The number of hydrogen-bond acceptors (Lipinski definition) is 6. The highest BCUT2D eigenvalue weighted by molar-refractivity contribution is 6.12. The Morgan fingerprint density at radius 3 is 2.38 bits per heavy atom. The fraction of sp³-hybridized carbons (Fsp3) is 0.143. The van der Waals surface area contributed by atoms with Gasteiger partial charge in [0.2, 0.25) is 5.91 Å². The van der Waals surface area contributed by atoms with Crippen LogP contribution in [-0.2, 0) is 11.3 Å². The van der Waals surface area contributed by atoms with Crippen molar-refractivity contribution in [1.29, 1.82) is 0 Å². The summed E-state index contributed by atoms with van der Waals surface area (Å²) in [5, 5.41) is 13.0. The second-order valence-electron chi connectivity index (χ2n) is 8.71. The third kappa shape index (κ3) is 4.36. The molecule has 0 saturated heterocycles. The Kier molecular flexibility index (Phi) is 6.29. The number of para-hydroxylation sites is 2. The van der Waals surface area contributed by atoms with Crippen LogP contribution < -0.4 is 20.3 Å². The number of anilines is 2. The second-order valence-corrected chi connectivity index (χ2v) is 8.71. The van der Waals surface area contributed by atoms with Gasteiger partial charge < -0.3 is 20.3 Å². The average molecular weight is 497 g/mol. The third-order valence-electron chi connectivity index (χ3n) is 6.53. The Balaban J connectivity index is 1.59. The maximum absolute atomic E-state index is 13.6. The smallest absolute Gasteiger partial charge is 0.269 e. The van der Waals surface area contributed by atoms with Crippen LogP contribution >= 0.6 is 0 Å². The van der Waals surface area contributed by atoms with Gasteiger partial charge in [-0.3, -0.25) is 19.7 Å². The number of amides is 2. The number of fused-ring (bicyclic) bond motifs is 2. The topological polar surface area (TPSA) is 119 Å². The van der Waals surface area contributed by atoms with E-state index in [4.69, 9.17) is 10.5 Å². The van der Waals surface area contributed by atoms with Crippen molar-refractivity contribution < 1.29 is 19.2 Å². The standard InChI is InChI=1S/C28H24N4O5/c1-37-26-15-12-18-6-2-3-7-21(18)22(26)16-30-24-8-4-5-9-25(24)31(17-23(29)28(30)34)27(33)19-10-13-20(14-11-19)32(35)36/h2-15,23H,16-17,29H2,1H3. The maximum atomic E-state index is 13.6. The van der Waals surface area contributed by atoms with E-state index in [2.05, 4.69) is 0 Å². The Morgan fingerprint density at radius 2 is 1.68 bits per heavy atom. The van der Waals surface area contributed by atoms with Crippen LogP contribution in [0.4, 0.5) is 17.1 Å². The van der Waals surface area contributed by atoms with Crippen molar-refractivity contribution in [1.82, 2.24) is 0 Å². The number of hydrogen-bond donors (Lipinski definition) is 1. The molecule has 0 radical (unpaired) electrons. The van der Waals surface area contributed by atoms with E-state index < -0.39 is 16.9 Å². The molecule has 1 heterocycles. The molecule has 4 aromatic carbocycles. The van der Waals surface area contributed by atoms with Crippen LogP contribution in [-0.4, -0.2) is 36.4 Å². The molecule has 1 atom stereocenters. The monoisotopic (exact) mass is 496 g/mol. The van der Waals surface area contributed by atoms with E-state index in [1.165, 1.54) is 29.2 Å². The molecule has 0 saturated carbocycles. The molecule has 1 aliphatic rings. The summed E-state index contributed by atoms with van der Waals surface area (Å²) in [7, 11) is 1.59. The number of benzene rings is 4. The number of rotatable bonds is 5. The fourth-order valence-corrected chi connectivity index (χ4v) is 4.68. The van der Waals surface area contributed by atoms with Gasteiger partial charge >= 0.3 is 0 Å². The third-order valence-corrected chi connectivity index (χ3v) is 6.53. The number of ether oxygens (including phenoxy) is 1. The lowest BCUT2D eigenvalue weighted by atomic mass is 10.0. The number of carbonyl (C=O) groups excluding carboxylic acids is 2. The van der Waals surface area contributed by atoms with Gasteiger partial charge in [0.15, 0.2) is 0 Å². The first-order chi connectivity index (χ1) is 17.9. The van der Waals surface area contributed by atoms with Crippen LogP contribution in [0.1, 0.15) is 15.9 Å². The van der Waals surface area contributed by atoms with Crippen LogP contribution in [0.15, 0.2) is 84.9 Å². The van der Waals surface area contributed by atoms with Crippen LogP contribution in [0.3, 0.4) is 0 Å². The number of non-ortho nitro benzene ring substituents is 1. The van der Waals surface area contributed by atoms with E-state index in [9.17, 15) is 19.7 Å². The van der Waals surface area contributed by atoms with Gasteiger partial charge in [-0.15, -0.1) is 0 Å². The minimum absolute atomic E-state index is 0.0468. The highest BCUT2D eigenvalue weighted by atomic mass is 16.6. The summed E-state index contributed by atoms with van der Waals surface area (Å²) < 4.78 is 5.64. The van der Waals surface area contributed by atoms with Crippen molar-refractivity contribution >= 4 is 39.6 Å². The molecule has 9 heteroatoms. The van der Waals surface area contributed by atoms with Crippen molar-refractivity contribution in [3.8, 4) is 5.75 Å². The summed E-state index contributed by atoms with van der Waals surface area (Å²) in [5.74, 6) is -0.0998. The zero-order valence-electron chi connectivity index (χ0n) is 20.0. The molecule has 0 aromatic heterocycles. The average Bonchev–Trinajstić information content (AvgIpc) is 3.03. The molecule has 0 bridgehead atoms. The van der Waals surface area contributed by atoms with Gasteiger partial charge in [0.25, 0.3) is 11.6 Å². The van der Waals surface area contributed by atoms with Crippen LogP contribution in [0.5, 0.6) is 5.75 Å². The molecular weight excluding hydrogens is 472 g/mol. The van der Waals surface area contributed by atoms with Crippen molar-refractivity contribution in [2.24, 2.45) is 5.73 Å². The number of nitrogens with two attached hydrogens (primary N) is 1. The lowest BCUT2D eigenvalue weighted by Crippen LogP contribution is -2.48. The molecule has 37 heavy (non-hydrogen) atoms. The summed E-state index contributed by atoms with van der Waals surface area (Å²) in [6.07, 6.45) is 0. The van der Waals surface area contributed by atoms with E-state index >= 15 is 0 Å². The van der Waals surface area contributed by atoms with Crippen molar-refractivity contribution in [2.45, 2.75) is 12.6 Å². The van der Waals surface area contributed by atoms with Gasteiger partial charge in [0.05, 0.1) is 36.5 Å². The van der Waals surface area contributed by atoms with Gasteiger partial charge in [-0.05, 0) is 41.1 Å². The van der Waals surface area contributed by atoms with E-state index in [1.54, 1.807) is 36.3 Å². The van der Waals surface area contributed by atoms with Crippen molar-refractivity contribution in [3.63, 3.8) is 0 Å². The number of nitrogens with zero attached hydrogens (tertiary/aromatic N) is 3. The van der Waals surface area contributed by atoms with Gasteiger partial charge in [0.1, 0.15) is 11.8 Å². The molecule has 186 valence electrons. The van der Waals surface area contributed by atoms with E-state index in [0.717, 1.165) is 16.3 Å². The molecule has 2 amide bonds. The summed E-state index contributed by atoms with van der Waals surface area (Å²) in [6, 6.07) is 23.2. The van der Waals surface area contributed by atoms with E-state index in [0.29, 0.717) is 17.1 Å². The van der Waals surface area contributed by atoms with Crippen LogP contribution in [0.2, 0.25) is 0 Å². The maximum Gasteiger partial charge on any atom is 0.269 e. The predicted molar refractivity (Wildman–Crippen MR) is 141 cm³/mol. The van der Waals surface area contributed by atoms with E-state index in [1.807, 2.05) is 36.4 Å². The van der Waals surface area contributed by atoms with Crippen LogP contribution in [0, 0.1) is 10.1 Å². The van der Waals surface area contributed by atoms with E-state index in [-0.39, 0.29) is 30.2 Å². The van der Waals surface area contributed by atoms with Crippen LogP contribution in [0.25, 0.3) is 10.8 Å². The van der Waals surface area contributed by atoms with Gasteiger partial charge in [0, 0.05) is 23.3 Å². The summed E-state index contributed by atoms with van der Waals surface area (Å²) >= 11 is 0. The molecule has 0 spiro atoms. The number of methoxy groups -OCH3 is 1. The van der Waals surface area contributed by atoms with Gasteiger partial charge in [-0.2, -0.15) is 0 Å². The Bertz CT molecular complexity index is 1520. The minimum Gasteiger partial charge on any atom is -0.496 e. The fourth-order valence-electron chi connectivity index (χ4n) is 4.68. The van der Waals surface area contributed by atoms with Gasteiger partial charge in [-0.25, -0.2) is 0 Å². The SMILES string of the molecule is COc1ccc2ccccc2c1CN1C(=O)C(N)CN(C(=O)c2ccc([N+](=O)[O-])cc2)c2ccccc21. The molecule has 1 aliphatic heterocycles. The summed E-state index contributed by atoms with van der Waals surface area (Å²) in [6.45, 7) is 0.141. The highest BCUT2D eigenvalue weighted by Crippen LogP contribution is 2.37. The molecule has 1 unspecified atom stereocenters. The first kappa shape index (κ1) is 24.0. The minimum atomic E-state index is -0.990. The number of nitro groups is 1. The van der Waals surface area contributed by atoms with Crippen molar-refractivity contribution in [3.05, 3.63) is 106 Å². The van der Waals surface area contributed by atoms with Gasteiger partial charge in [-0.1, -0.05) is 42.5 Å². The first-order valence-corrected chi connectivity index (χ1v) is 11.7. The largest absolute Gasteiger partial charge is 0.496 e. The zero-order chi connectivity index (χ0) is 26.1. The Labute approximate surface area is 212 Å².